The second kappa shape index (κ2) is 11.5. The summed E-state index contributed by atoms with van der Waals surface area (Å²) in [7, 11) is 0. The number of nitrogens with zero attached hydrogens (tertiary/aromatic N) is 5. The van der Waals surface area contributed by atoms with Crippen LogP contribution in [0.1, 0.15) is 43.9 Å². The molecule has 5 heterocycles. The Kier molecular flexibility index (Phi) is 7.31. The van der Waals surface area contributed by atoms with Crippen molar-refractivity contribution in [2.75, 3.05) is 24.6 Å². The fourth-order valence-electron chi connectivity index (χ4n) is 6.67. The number of phenols is 1. The van der Waals surface area contributed by atoms with Gasteiger partial charge in [0, 0.05) is 54.5 Å². The molecule has 2 bridgehead atoms. The topological polar surface area (TPSA) is 95.8 Å². The Morgan fingerprint density at radius 1 is 1.07 bits per heavy atom. The predicted molar refractivity (Wildman–Crippen MR) is 170 cm³/mol. The highest BCUT2D eigenvalue weighted by Crippen LogP contribution is 2.40. The number of pyridine rings is 1. The average Bonchev–Trinajstić information content (AvgIpc) is 3.38. The number of hydrogen-bond donors (Lipinski definition) is 2. The van der Waals surface area contributed by atoms with Crippen LogP contribution in [0.25, 0.3) is 32.9 Å². The molecule has 4 aromatic rings. The molecule has 2 aromatic carbocycles. The van der Waals surface area contributed by atoms with Crippen molar-refractivity contribution in [3.05, 3.63) is 59.4 Å². The molecule has 3 aliphatic heterocycles. The highest BCUT2D eigenvalue weighted by atomic mass is 19.1. The number of hydrogen-bond acceptors (Lipinski definition) is 8. The van der Waals surface area contributed by atoms with Crippen molar-refractivity contribution in [1.82, 2.24) is 20.3 Å². The van der Waals surface area contributed by atoms with E-state index in [1.807, 2.05) is 6.08 Å². The van der Waals surface area contributed by atoms with Gasteiger partial charge in [-0.25, -0.2) is 13.8 Å². The molecule has 2 N–H and O–H groups in total. The van der Waals surface area contributed by atoms with E-state index >= 15 is 4.39 Å². The van der Waals surface area contributed by atoms with Crippen molar-refractivity contribution in [2.24, 2.45) is 10.9 Å². The summed E-state index contributed by atoms with van der Waals surface area (Å²) < 4.78 is 37.8. The third-order valence-electron chi connectivity index (χ3n) is 8.84. The standard InChI is InChI=1S/C35H30F2N6O2/c1-4-24-26(36)11-8-20-15-23(44)16-25(29(20)24)32-31(37)33-30(27(5-2)40-32)34(43-17-21-9-10-22(18-43)39-21)42-35(41-33)45-14-12-28-19(3)7-6-13-38-28/h1-2,6,8,11,13,15-16,19,21-22,39,44H,7,9-10,12,14,17-18H2,3H3. The van der Waals surface area contributed by atoms with Crippen LogP contribution in [-0.4, -0.2) is 57.6 Å². The van der Waals surface area contributed by atoms with Crippen molar-refractivity contribution in [3.63, 3.8) is 0 Å². The number of fused-ring (bicyclic) bond motifs is 4. The minimum absolute atomic E-state index is 0.00173. The summed E-state index contributed by atoms with van der Waals surface area (Å²) in [6.45, 7) is 3.66. The summed E-state index contributed by atoms with van der Waals surface area (Å²) in [4.78, 5) is 20.4. The molecule has 0 spiro atoms. The fraction of sp³-hybridized carbons (Fsp3) is 0.314. The normalized spacial score (nSPS) is 20.7. The number of rotatable bonds is 6. The number of aromatic nitrogens is 3. The second-order valence-corrected chi connectivity index (χ2v) is 11.8. The number of ether oxygens (including phenoxy) is 1. The van der Waals surface area contributed by atoms with Crippen LogP contribution >= 0.6 is 0 Å². The van der Waals surface area contributed by atoms with Crippen LogP contribution in [0.2, 0.25) is 0 Å². The van der Waals surface area contributed by atoms with Crippen molar-refractivity contribution in [2.45, 2.75) is 44.7 Å². The number of aliphatic imine (C=N–C) groups is 1. The quantitative estimate of drug-likeness (QED) is 0.281. The molecule has 0 aliphatic carbocycles. The molecule has 7 rings (SSSR count). The van der Waals surface area contributed by atoms with Crippen LogP contribution in [0.15, 0.2) is 41.5 Å². The molecule has 45 heavy (non-hydrogen) atoms. The Morgan fingerprint density at radius 3 is 2.60 bits per heavy atom. The van der Waals surface area contributed by atoms with Gasteiger partial charge in [0.25, 0.3) is 0 Å². The highest BCUT2D eigenvalue weighted by molar-refractivity contribution is 6.04. The molecule has 3 aliphatic rings. The Morgan fingerprint density at radius 2 is 1.87 bits per heavy atom. The number of terminal acetylenes is 2. The van der Waals surface area contributed by atoms with Crippen LogP contribution in [0, 0.1) is 42.2 Å². The average molecular weight is 605 g/mol. The molecule has 226 valence electrons. The van der Waals surface area contributed by atoms with Gasteiger partial charge in [-0.1, -0.05) is 25.0 Å². The summed E-state index contributed by atoms with van der Waals surface area (Å²) in [5.41, 5.74) is 0.836. The molecule has 3 atom stereocenters. The zero-order valence-electron chi connectivity index (χ0n) is 24.6. The van der Waals surface area contributed by atoms with Gasteiger partial charge < -0.3 is 20.1 Å². The molecule has 0 amide bonds. The largest absolute Gasteiger partial charge is 0.508 e. The van der Waals surface area contributed by atoms with Gasteiger partial charge >= 0.3 is 6.01 Å². The second-order valence-electron chi connectivity index (χ2n) is 11.8. The first-order valence-corrected chi connectivity index (χ1v) is 15.0. The van der Waals surface area contributed by atoms with Crippen LogP contribution in [-0.2, 0) is 0 Å². The van der Waals surface area contributed by atoms with E-state index < -0.39 is 11.6 Å². The van der Waals surface area contributed by atoms with Gasteiger partial charge in [-0.05, 0) is 54.7 Å². The lowest BCUT2D eigenvalue weighted by Crippen LogP contribution is -2.51. The fourth-order valence-corrected chi connectivity index (χ4v) is 6.67. The number of halogens is 2. The maximum Gasteiger partial charge on any atom is 0.319 e. The maximum absolute atomic E-state index is 16.9. The molecule has 2 saturated heterocycles. The molecule has 10 heteroatoms. The molecule has 3 unspecified atom stereocenters. The monoisotopic (exact) mass is 604 g/mol. The SMILES string of the molecule is C#Cc1c(F)ccc2cc(O)cc(-c3nc(C#C)c4c(N5CC6CCC(C5)N6)nc(OCCC5=NC=CCC5C)nc4c3F)c12. The van der Waals surface area contributed by atoms with Crippen molar-refractivity contribution < 1.29 is 18.6 Å². The van der Waals surface area contributed by atoms with Crippen molar-refractivity contribution in [3.8, 4) is 47.7 Å². The van der Waals surface area contributed by atoms with E-state index in [1.165, 1.54) is 24.3 Å². The van der Waals surface area contributed by atoms with E-state index in [-0.39, 0.29) is 69.3 Å². The third-order valence-corrected chi connectivity index (χ3v) is 8.84. The van der Waals surface area contributed by atoms with E-state index in [1.54, 1.807) is 6.20 Å². The zero-order valence-corrected chi connectivity index (χ0v) is 24.6. The summed E-state index contributed by atoms with van der Waals surface area (Å²) >= 11 is 0. The zero-order chi connectivity index (χ0) is 31.2. The number of nitrogens with one attached hydrogen (secondary N) is 1. The Labute approximate surface area is 259 Å². The smallest absolute Gasteiger partial charge is 0.319 e. The molecule has 2 fully saturated rings. The van der Waals surface area contributed by atoms with E-state index in [0.717, 1.165) is 25.0 Å². The lowest BCUT2D eigenvalue weighted by atomic mass is 9.95. The first-order chi connectivity index (χ1) is 21.8. The van der Waals surface area contributed by atoms with Gasteiger partial charge in [-0.3, -0.25) is 4.99 Å². The van der Waals surface area contributed by atoms with Gasteiger partial charge in [0.2, 0.25) is 0 Å². The van der Waals surface area contributed by atoms with E-state index in [9.17, 15) is 9.50 Å². The Bertz CT molecular complexity index is 2000. The summed E-state index contributed by atoms with van der Waals surface area (Å²) in [6, 6.07) is 5.93. The van der Waals surface area contributed by atoms with Gasteiger partial charge in [-0.15, -0.1) is 12.8 Å². The summed E-state index contributed by atoms with van der Waals surface area (Å²) in [5, 5.41) is 15.1. The first kappa shape index (κ1) is 28.7. The summed E-state index contributed by atoms with van der Waals surface area (Å²) in [5.74, 6) is 4.06. The number of allylic oxidation sites excluding steroid dienone is 1. The molecule has 0 saturated carbocycles. The number of anilines is 1. The number of benzene rings is 2. The van der Waals surface area contributed by atoms with Gasteiger partial charge in [0.1, 0.15) is 34.3 Å². The van der Waals surface area contributed by atoms with Gasteiger partial charge in [-0.2, -0.15) is 9.97 Å². The number of piperazine rings is 1. The van der Waals surface area contributed by atoms with E-state index in [0.29, 0.717) is 36.6 Å². The maximum atomic E-state index is 16.9. The molecular weight excluding hydrogens is 574 g/mol. The number of phenolic OH excluding ortho intramolecular Hbond substituents is 1. The summed E-state index contributed by atoms with van der Waals surface area (Å²) in [6.07, 6.45) is 19.0. The lowest BCUT2D eigenvalue weighted by Gasteiger charge is -2.34. The Balaban J connectivity index is 1.41. The van der Waals surface area contributed by atoms with Crippen molar-refractivity contribution in [1.29, 1.82) is 0 Å². The van der Waals surface area contributed by atoms with Crippen LogP contribution < -0.4 is 15.0 Å². The first-order valence-electron chi connectivity index (χ1n) is 15.0. The molecule has 2 aromatic heterocycles. The molecule has 0 radical (unpaired) electrons. The predicted octanol–water partition coefficient (Wildman–Crippen LogP) is 5.50. The minimum Gasteiger partial charge on any atom is -0.508 e. The van der Waals surface area contributed by atoms with Crippen LogP contribution in [0.3, 0.4) is 0 Å². The molecular formula is C35H30F2N6O2. The highest BCUT2D eigenvalue weighted by Gasteiger charge is 2.35. The van der Waals surface area contributed by atoms with Crippen molar-refractivity contribution >= 4 is 33.2 Å². The molecule has 8 nitrogen and oxygen atoms in total. The van der Waals surface area contributed by atoms with E-state index in [4.69, 9.17) is 22.6 Å². The minimum atomic E-state index is -0.815. The van der Waals surface area contributed by atoms with Gasteiger partial charge in [0.15, 0.2) is 5.82 Å². The van der Waals surface area contributed by atoms with Crippen LogP contribution in [0.4, 0.5) is 14.6 Å². The third kappa shape index (κ3) is 5.11. The number of aromatic hydroxyl groups is 1. The lowest BCUT2D eigenvalue weighted by molar-refractivity contribution is 0.302. The Hall–Kier alpha value is -5.06. The van der Waals surface area contributed by atoms with Crippen LogP contribution in [0.5, 0.6) is 11.8 Å². The van der Waals surface area contributed by atoms with Gasteiger partial charge in [0.05, 0.1) is 17.6 Å². The van der Waals surface area contributed by atoms with E-state index in [2.05, 4.69) is 43.9 Å².